The molecule has 0 bridgehead atoms. The summed E-state index contributed by atoms with van der Waals surface area (Å²) < 4.78 is 0. The zero-order valence-electron chi connectivity index (χ0n) is 10.3. The highest BCUT2D eigenvalue weighted by molar-refractivity contribution is 4.84. The van der Waals surface area contributed by atoms with Crippen LogP contribution in [-0.2, 0) is 0 Å². The second-order valence-electron chi connectivity index (χ2n) is 5.32. The van der Waals surface area contributed by atoms with E-state index in [0.29, 0.717) is 0 Å². The Labute approximate surface area is 89.1 Å². The third-order valence-electron chi connectivity index (χ3n) is 3.59. The summed E-state index contributed by atoms with van der Waals surface area (Å²) in [5, 5.41) is 3.40. The van der Waals surface area contributed by atoms with E-state index in [0.717, 1.165) is 6.04 Å². The van der Waals surface area contributed by atoms with Crippen LogP contribution in [0.5, 0.6) is 0 Å². The molecule has 0 radical (unpaired) electrons. The molecule has 1 N–H and O–H groups in total. The third kappa shape index (κ3) is 3.58. The Bertz CT molecular complexity index is 166. The van der Waals surface area contributed by atoms with E-state index in [9.17, 15) is 0 Å². The lowest BCUT2D eigenvalue weighted by Gasteiger charge is -2.33. The van der Waals surface area contributed by atoms with E-state index in [1.165, 1.54) is 38.6 Å². The fourth-order valence-corrected chi connectivity index (χ4v) is 2.27. The molecule has 1 atom stereocenters. The Hall–Kier alpha value is -0.0800. The van der Waals surface area contributed by atoms with Crippen molar-refractivity contribution in [2.75, 3.05) is 20.6 Å². The quantitative estimate of drug-likeness (QED) is 0.748. The van der Waals surface area contributed by atoms with E-state index in [4.69, 9.17) is 0 Å². The highest BCUT2D eigenvalue weighted by Crippen LogP contribution is 2.22. The van der Waals surface area contributed by atoms with Crippen LogP contribution in [0.4, 0.5) is 0 Å². The minimum Gasteiger partial charge on any atom is -0.315 e. The highest BCUT2D eigenvalue weighted by Gasteiger charge is 2.25. The van der Waals surface area contributed by atoms with Crippen LogP contribution >= 0.6 is 0 Å². The molecule has 1 fully saturated rings. The van der Waals surface area contributed by atoms with Crippen molar-refractivity contribution in [3.8, 4) is 0 Å². The van der Waals surface area contributed by atoms with Gasteiger partial charge in [0.1, 0.15) is 0 Å². The molecule has 0 aromatic heterocycles. The summed E-state index contributed by atoms with van der Waals surface area (Å²) in [4.78, 5) is 2.55. The predicted octanol–water partition coefficient (Wildman–Crippen LogP) is 2.25. The van der Waals surface area contributed by atoms with Gasteiger partial charge in [0.25, 0.3) is 0 Å². The Morgan fingerprint density at radius 3 is 2.64 bits per heavy atom. The third-order valence-corrected chi connectivity index (χ3v) is 3.59. The van der Waals surface area contributed by atoms with E-state index in [1.807, 2.05) is 0 Å². The standard InChI is InChI=1S/C12H26N2/c1-12(2,13-3)10-11-8-6-5-7-9-14(11)4/h11,13H,5-10H2,1-4H3. The lowest BCUT2D eigenvalue weighted by atomic mass is 9.92. The Morgan fingerprint density at radius 1 is 1.29 bits per heavy atom. The molecule has 0 aliphatic carbocycles. The number of rotatable bonds is 3. The largest absolute Gasteiger partial charge is 0.315 e. The van der Waals surface area contributed by atoms with Crippen LogP contribution in [0.15, 0.2) is 0 Å². The molecule has 84 valence electrons. The molecule has 2 nitrogen and oxygen atoms in total. The van der Waals surface area contributed by atoms with Gasteiger partial charge in [-0.05, 0) is 53.8 Å². The molecule has 0 spiro atoms. The van der Waals surface area contributed by atoms with Gasteiger partial charge in [0.15, 0.2) is 0 Å². The fraction of sp³-hybridized carbons (Fsp3) is 1.00. The van der Waals surface area contributed by atoms with Gasteiger partial charge in [-0.2, -0.15) is 0 Å². The SMILES string of the molecule is CNC(C)(C)CC1CCCCCN1C. The maximum Gasteiger partial charge on any atom is 0.0137 e. The lowest BCUT2D eigenvalue weighted by Crippen LogP contribution is -2.44. The van der Waals surface area contributed by atoms with Crippen molar-refractivity contribution in [1.82, 2.24) is 10.2 Å². The smallest absolute Gasteiger partial charge is 0.0137 e. The summed E-state index contributed by atoms with van der Waals surface area (Å²) in [6.07, 6.45) is 6.85. The van der Waals surface area contributed by atoms with E-state index in [-0.39, 0.29) is 5.54 Å². The average molecular weight is 198 g/mol. The molecule has 0 saturated carbocycles. The van der Waals surface area contributed by atoms with Crippen molar-refractivity contribution in [1.29, 1.82) is 0 Å². The first-order valence-corrected chi connectivity index (χ1v) is 5.94. The molecule has 1 saturated heterocycles. The first-order valence-electron chi connectivity index (χ1n) is 5.94. The maximum absolute atomic E-state index is 3.40. The van der Waals surface area contributed by atoms with Gasteiger partial charge in [0.2, 0.25) is 0 Å². The molecule has 0 aromatic carbocycles. The molecular formula is C12H26N2. The summed E-state index contributed by atoms with van der Waals surface area (Å²) in [6.45, 7) is 5.88. The van der Waals surface area contributed by atoms with Gasteiger partial charge in [-0.15, -0.1) is 0 Å². The molecule has 1 heterocycles. The molecule has 14 heavy (non-hydrogen) atoms. The molecule has 1 aliphatic rings. The summed E-state index contributed by atoms with van der Waals surface area (Å²) in [5.41, 5.74) is 0.281. The fourth-order valence-electron chi connectivity index (χ4n) is 2.27. The van der Waals surface area contributed by atoms with Gasteiger partial charge in [0.05, 0.1) is 0 Å². The van der Waals surface area contributed by atoms with Gasteiger partial charge in [0, 0.05) is 11.6 Å². The van der Waals surface area contributed by atoms with Gasteiger partial charge in [-0.3, -0.25) is 0 Å². The van der Waals surface area contributed by atoms with Crippen LogP contribution < -0.4 is 5.32 Å². The molecule has 1 rings (SSSR count). The molecule has 1 unspecified atom stereocenters. The summed E-state index contributed by atoms with van der Waals surface area (Å²) in [5.74, 6) is 0. The van der Waals surface area contributed by atoms with Crippen molar-refractivity contribution < 1.29 is 0 Å². The van der Waals surface area contributed by atoms with Crippen LogP contribution in [0.1, 0.15) is 46.0 Å². The van der Waals surface area contributed by atoms with Gasteiger partial charge in [-0.25, -0.2) is 0 Å². The van der Waals surface area contributed by atoms with Crippen molar-refractivity contribution in [3.05, 3.63) is 0 Å². The Kier molecular flexibility index (Phi) is 4.39. The average Bonchev–Trinajstić information content (AvgIpc) is 2.32. The zero-order chi connectivity index (χ0) is 10.6. The van der Waals surface area contributed by atoms with Crippen LogP contribution in [-0.4, -0.2) is 37.1 Å². The van der Waals surface area contributed by atoms with Crippen molar-refractivity contribution >= 4 is 0 Å². The highest BCUT2D eigenvalue weighted by atomic mass is 15.1. The number of nitrogens with zero attached hydrogens (tertiary/aromatic N) is 1. The van der Waals surface area contributed by atoms with Crippen molar-refractivity contribution in [2.24, 2.45) is 0 Å². The first-order chi connectivity index (χ1) is 6.55. The summed E-state index contributed by atoms with van der Waals surface area (Å²) >= 11 is 0. The molecular weight excluding hydrogens is 172 g/mol. The lowest BCUT2D eigenvalue weighted by molar-refractivity contribution is 0.193. The minimum absolute atomic E-state index is 0.281. The minimum atomic E-state index is 0.281. The molecule has 2 heteroatoms. The Morgan fingerprint density at radius 2 is 2.00 bits per heavy atom. The second kappa shape index (κ2) is 5.13. The summed E-state index contributed by atoms with van der Waals surface area (Å²) in [6, 6.07) is 0.778. The number of hydrogen-bond donors (Lipinski definition) is 1. The number of hydrogen-bond acceptors (Lipinski definition) is 2. The van der Waals surface area contributed by atoms with Gasteiger partial charge in [-0.1, -0.05) is 12.8 Å². The van der Waals surface area contributed by atoms with E-state index >= 15 is 0 Å². The zero-order valence-corrected chi connectivity index (χ0v) is 10.3. The monoisotopic (exact) mass is 198 g/mol. The second-order valence-corrected chi connectivity index (χ2v) is 5.32. The topological polar surface area (TPSA) is 15.3 Å². The summed E-state index contributed by atoms with van der Waals surface area (Å²) in [7, 11) is 4.35. The van der Waals surface area contributed by atoms with E-state index < -0.39 is 0 Å². The van der Waals surface area contributed by atoms with Gasteiger partial charge < -0.3 is 10.2 Å². The first kappa shape index (κ1) is 12.0. The van der Waals surface area contributed by atoms with Crippen LogP contribution in [0, 0.1) is 0 Å². The maximum atomic E-state index is 3.40. The normalized spacial score (nSPS) is 26.1. The number of nitrogens with one attached hydrogen (secondary N) is 1. The van der Waals surface area contributed by atoms with Gasteiger partial charge >= 0.3 is 0 Å². The van der Waals surface area contributed by atoms with Crippen LogP contribution in [0.25, 0.3) is 0 Å². The van der Waals surface area contributed by atoms with Crippen LogP contribution in [0.3, 0.4) is 0 Å². The molecule has 0 amide bonds. The molecule has 0 aromatic rings. The molecule has 1 aliphatic heterocycles. The van der Waals surface area contributed by atoms with Crippen LogP contribution in [0.2, 0.25) is 0 Å². The Balaban J connectivity index is 2.48. The number of likely N-dealkylation sites (tertiary alicyclic amines) is 1. The predicted molar refractivity (Wildman–Crippen MR) is 62.6 cm³/mol. The van der Waals surface area contributed by atoms with Crippen molar-refractivity contribution in [3.63, 3.8) is 0 Å². The van der Waals surface area contributed by atoms with E-state index in [2.05, 4.69) is 38.2 Å². The van der Waals surface area contributed by atoms with Crippen molar-refractivity contribution in [2.45, 2.75) is 57.5 Å². The van der Waals surface area contributed by atoms with E-state index in [1.54, 1.807) is 0 Å².